The number of cyclic esters (lactones) is 2. The summed E-state index contributed by atoms with van der Waals surface area (Å²) in [5.74, 6) is -1.68. The third-order valence-electron chi connectivity index (χ3n) is 2.57. The van der Waals surface area contributed by atoms with Crippen LogP contribution in [0.1, 0.15) is 15.9 Å². The molecule has 0 spiro atoms. The van der Waals surface area contributed by atoms with Crippen LogP contribution in [-0.4, -0.2) is 33.7 Å². The van der Waals surface area contributed by atoms with Crippen LogP contribution >= 0.6 is 0 Å². The maximum atomic E-state index is 11.6. The van der Waals surface area contributed by atoms with E-state index in [2.05, 4.69) is 4.74 Å². The van der Waals surface area contributed by atoms with Crippen LogP contribution in [0.5, 0.6) is 0 Å². The van der Waals surface area contributed by atoms with Gasteiger partial charge < -0.3 is 9.47 Å². The number of esters is 2. The van der Waals surface area contributed by atoms with Crippen molar-refractivity contribution in [1.29, 1.82) is 0 Å². The van der Waals surface area contributed by atoms with Crippen LogP contribution in [0.4, 0.5) is 0 Å². The van der Waals surface area contributed by atoms with E-state index in [0.29, 0.717) is 0 Å². The van der Waals surface area contributed by atoms with Crippen LogP contribution in [0.3, 0.4) is 0 Å². The van der Waals surface area contributed by atoms with E-state index in [1.165, 1.54) is 25.3 Å². The zero-order valence-corrected chi connectivity index (χ0v) is 11.0. The first-order valence-corrected chi connectivity index (χ1v) is 7.07. The molecule has 2 rings (SSSR count). The van der Waals surface area contributed by atoms with E-state index in [1.807, 2.05) is 0 Å². The first-order valence-electron chi connectivity index (χ1n) is 5.18. The summed E-state index contributed by atoms with van der Waals surface area (Å²) in [5.41, 5.74) is 0.309. The fourth-order valence-electron chi connectivity index (χ4n) is 1.69. The van der Waals surface area contributed by atoms with Gasteiger partial charge in [0, 0.05) is 11.8 Å². The topological polar surface area (TPSA) is 86.7 Å². The molecule has 1 aliphatic rings. The molecule has 19 heavy (non-hydrogen) atoms. The van der Waals surface area contributed by atoms with Gasteiger partial charge in [-0.25, -0.2) is 18.0 Å². The number of hydrogen-bond acceptors (Lipinski definition) is 6. The van der Waals surface area contributed by atoms with Crippen LogP contribution in [0, 0.1) is 0 Å². The monoisotopic (exact) mass is 282 g/mol. The summed E-state index contributed by atoms with van der Waals surface area (Å²) in [4.78, 5) is 23.1. The average molecular weight is 282 g/mol. The van der Waals surface area contributed by atoms with Crippen molar-refractivity contribution in [1.82, 2.24) is 0 Å². The number of benzene rings is 1. The van der Waals surface area contributed by atoms with Gasteiger partial charge in [-0.3, -0.25) is 0 Å². The van der Waals surface area contributed by atoms with Crippen LogP contribution in [0.25, 0.3) is 5.57 Å². The van der Waals surface area contributed by atoms with Gasteiger partial charge >= 0.3 is 11.9 Å². The summed E-state index contributed by atoms with van der Waals surface area (Å²) >= 11 is 0. The molecule has 0 radical (unpaired) electrons. The van der Waals surface area contributed by atoms with E-state index in [4.69, 9.17) is 4.74 Å². The summed E-state index contributed by atoms with van der Waals surface area (Å²) in [6, 6.07) is 3.85. The van der Waals surface area contributed by atoms with E-state index in [9.17, 15) is 18.0 Å². The van der Waals surface area contributed by atoms with Gasteiger partial charge in [-0.1, -0.05) is 0 Å². The lowest BCUT2D eigenvalue weighted by Gasteiger charge is -2.17. The van der Waals surface area contributed by atoms with Crippen LogP contribution < -0.4 is 0 Å². The molecular weight excluding hydrogens is 272 g/mol. The summed E-state index contributed by atoms with van der Waals surface area (Å²) in [6.07, 6.45) is 2.15. The highest BCUT2D eigenvalue weighted by Crippen LogP contribution is 2.29. The molecular formula is C12H10O6S. The molecule has 0 unspecified atom stereocenters. The molecule has 1 aromatic rings. The number of sulfone groups is 1. The summed E-state index contributed by atoms with van der Waals surface area (Å²) < 4.78 is 32.3. The number of ether oxygens (including phenoxy) is 2. The Kier molecular flexibility index (Phi) is 3.15. The minimum Gasteiger partial charge on any atom is -0.503 e. The maximum Gasteiger partial charge on any atom is 0.349 e. The van der Waals surface area contributed by atoms with Crippen LogP contribution in [0.2, 0.25) is 0 Å². The van der Waals surface area contributed by atoms with Crippen LogP contribution in [-0.2, 0) is 24.1 Å². The first kappa shape index (κ1) is 13.3. The number of hydrogen-bond donors (Lipinski definition) is 0. The smallest absolute Gasteiger partial charge is 0.349 e. The third-order valence-corrected chi connectivity index (χ3v) is 3.68. The minimum atomic E-state index is -3.44. The highest BCUT2D eigenvalue weighted by molar-refractivity contribution is 7.90. The SMILES string of the molecule is COC=C1C(=O)OC(=O)c2ccc(S(C)(=O)=O)cc21. The zero-order valence-electron chi connectivity index (χ0n) is 10.2. The normalized spacial score (nSPS) is 17.1. The van der Waals surface area contributed by atoms with Crippen molar-refractivity contribution >= 4 is 27.3 Å². The lowest BCUT2D eigenvalue weighted by atomic mass is 9.98. The highest BCUT2D eigenvalue weighted by Gasteiger charge is 2.31. The van der Waals surface area contributed by atoms with E-state index in [1.54, 1.807) is 0 Å². The van der Waals surface area contributed by atoms with Crippen molar-refractivity contribution in [3.8, 4) is 0 Å². The van der Waals surface area contributed by atoms with Crippen molar-refractivity contribution in [2.24, 2.45) is 0 Å². The molecule has 100 valence electrons. The molecule has 7 heteroatoms. The van der Waals surface area contributed by atoms with E-state index in [-0.39, 0.29) is 21.6 Å². The number of carbonyl (C=O) groups excluding carboxylic acids is 2. The van der Waals surface area contributed by atoms with Gasteiger partial charge in [0.25, 0.3) is 0 Å². The second-order valence-electron chi connectivity index (χ2n) is 3.92. The molecule has 0 amide bonds. The third kappa shape index (κ3) is 2.37. The summed E-state index contributed by atoms with van der Waals surface area (Å²) in [5, 5.41) is 0. The van der Waals surface area contributed by atoms with Gasteiger partial charge in [0.05, 0.1) is 23.8 Å². The highest BCUT2D eigenvalue weighted by atomic mass is 32.2. The van der Waals surface area contributed by atoms with Crippen molar-refractivity contribution in [3.63, 3.8) is 0 Å². The molecule has 0 aliphatic carbocycles. The molecule has 1 aliphatic heterocycles. The Morgan fingerprint density at radius 2 is 1.84 bits per heavy atom. The fraction of sp³-hybridized carbons (Fsp3) is 0.167. The standard InChI is InChI=1S/C12H10O6S/c1-17-6-10-9-5-7(19(2,15)16)3-4-8(9)11(13)18-12(10)14/h3-6H,1-2H3. The Labute approximate surface area is 109 Å². The van der Waals surface area contributed by atoms with Crippen molar-refractivity contribution in [2.75, 3.05) is 13.4 Å². The molecule has 0 saturated carbocycles. The van der Waals surface area contributed by atoms with Crippen molar-refractivity contribution in [3.05, 3.63) is 35.6 Å². The van der Waals surface area contributed by atoms with Crippen molar-refractivity contribution < 1.29 is 27.5 Å². The predicted molar refractivity (Wildman–Crippen MR) is 65.0 cm³/mol. The van der Waals surface area contributed by atoms with Gasteiger partial charge in [0.1, 0.15) is 5.57 Å². The van der Waals surface area contributed by atoms with E-state index < -0.39 is 21.8 Å². The number of methoxy groups -OCH3 is 1. The Bertz CT molecular complexity index is 699. The predicted octanol–water partition coefficient (Wildman–Crippen LogP) is 0.774. The Balaban J connectivity index is 2.72. The average Bonchev–Trinajstić information content (AvgIpc) is 2.32. The van der Waals surface area contributed by atoms with Gasteiger partial charge in [-0.2, -0.15) is 0 Å². The zero-order chi connectivity index (χ0) is 14.2. The Morgan fingerprint density at radius 3 is 2.42 bits per heavy atom. The van der Waals surface area contributed by atoms with Crippen LogP contribution in [0.15, 0.2) is 29.4 Å². The number of fused-ring (bicyclic) bond motifs is 1. The molecule has 0 aromatic heterocycles. The van der Waals surface area contributed by atoms with Gasteiger partial charge in [-0.05, 0) is 18.2 Å². The lowest BCUT2D eigenvalue weighted by Crippen LogP contribution is -2.22. The van der Waals surface area contributed by atoms with Gasteiger partial charge in [-0.15, -0.1) is 0 Å². The molecule has 0 saturated heterocycles. The summed E-state index contributed by atoms with van der Waals surface area (Å²) in [7, 11) is -2.11. The second kappa shape index (κ2) is 4.51. The molecule has 0 atom stereocenters. The summed E-state index contributed by atoms with van der Waals surface area (Å²) in [6.45, 7) is 0. The second-order valence-corrected chi connectivity index (χ2v) is 5.94. The largest absolute Gasteiger partial charge is 0.503 e. The molecule has 6 nitrogen and oxygen atoms in total. The Morgan fingerprint density at radius 1 is 1.16 bits per heavy atom. The molecule has 0 fully saturated rings. The van der Waals surface area contributed by atoms with Gasteiger partial charge in [0.2, 0.25) is 0 Å². The maximum absolute atomic E-state index is 11.6. The molecule has 0 N–H and O–H groups in total. The first-order chi connectivity index (χ1) is 8.84. The van der Waals surface area contributed by atoms with Crippen molar-refractivity contribution in [2.45, 2.75) is 4.90 Å². The quantitative estimate of drug-likeness (QED) is 0.345. The molecule has 0 bridgehead atoms. The number of rotatable bonds is 2. The lowest BCUT2D eigenvalue weighted by molar-refractivity contribution is -0.131. The van der Waals surface area contributed by atoms with E-state index >= 15 is 0 Å². The Hall–Kier alpha value is -2.15. The minimum absolute atomic E-state index is 0.00241. The number of carbonyl (C=O) groups is 2. The molecule has 1 heterocycles. The van der Waals surface area contributed by atoms with Gasteiger partial charge in [0.15, 0.2) is 9.84 Å². The fourth-order valence-corrected chi connectivity index (χ4v) is 2.34. The van der Waals surface area contributed by atoms with E-state index in [0.717, 1.165) is 12.5 Å². The molecule has 1 aromatic carbocycles.